The summed E-state index contributed by atoms with van der Waals surface area (Å²) >= 11 is 0. The van der Waals surface area contributed by atoms with Crippen LogP contribution in [0.3, 0.4) is 0 Å². The van der Waals surface area contributed by atoms with Crippen molar-refractivity contribution in [2.45, 2.75) is 70.4 Å². The Morgan fingerprint density at radius 2 is 1.44 bits per heavy atom. The maximum absolute atomic E-state index is 14.5. The summed E-state index contributed by atoms with van der Waals surface area (Å²) in [6.45, 7) is 1.94. The van der Waals surface area contributed by atoms with Gasteiger partial charge in [-0.25, -0.2) is 0 Å². The topological polar surface area (TPSA) is 9.23 Å². The van der Waals surface area contributed by atoms with Gasteiger partial charge in [0.1, 0.15) is 5.75 Å². The number of aryl methyl sites for hydroxylation is 1. The van der Waals surface area contributed by atoms with E-state index in [1.54, 1.807) is 12.1 Å². The van der Waals surface area contributed by atoms with Crippen LogP contribution in [0.15, 0.2) is 24.3 Å². The molecule has 2 fully saturated rings. The van der Waals surface area contributed by atoms with E-state index in [2.05, 4.69) is 10.2 Å². The number of rotatable bonds is 5. The molecular formula is C21H29F2OSi. The first-order valence-corrected chi connectivity index (χ1v) is 10.5. The van der Waals surface area contributed by atoms with Crippen molar-refractivity contribution < 1.29 is 13.5 Å². The summed E-state index contributed by atoms with van der Waals surface area (Å²) in [7, 11) is 3.64. The third-order valence-corrected chi connectivity index (χ3v) is 6.95. The highest BCUT2D eigenvalue weighted by Gasteiger charge is 2.45. The number of benzene rings is 1. The number of halogens is 2. The van der Waals surface area contributed by atoms with Crippen LogP contribution in [0, 0.1) is 30.6 Å². The molecule has 3 radical (unpaired) electrons. The molecule has 0 amide bonds. The number of ether oxygens (including phenoxy) is 1. The van der Waals surface area contributed by atoms with E-state index in [4.69, 9.17) is 4.74 Å². The SMILES string of the molecule is Cc1ccc(OC(F)(F)C2CCC(C3CCC(C[Si])CC3)CC2)cc1. The highest BCUT2D eigenvalue weighted by Crippen LogP contribution is 2.45. The van der Waals surface area contributed by atoms with E-state index in [1.165, 1.54) is 25.7 Å². The molecule has 0 unspecified atom stereocenters. The molecule has 0 aromatic heterocycles. The second-order valence-corrected chi connectivity index (χ2v) is 8.48. The van der Waals surface area contributed by atoms with Crippen molar-refractivity contribution in [3.8, 4) is 5.75 Å². The van der Waals surface area contributed by atoms with Gasteiger partial charge < -0.3 is 4.74 Å². The molecule has 0 spiro atoms. The number of alkyl halides is 2. The average molecular weight is 364 g/mol. The van der Waals surface area contributed by atoms with Gasteiger partial charge in [0.15, 0.2) is 0 Å². The molecule has 0 aliphatic heterocycles. The molecule has 25 heavy (non-hydrogen) atoms. The molecule has 0 saturated heterocycles. The van der Waals surface area contributed by atoms with Crippen LogP contribution in [0.4, 0.5) is 8.78 Å². The Kier molecular flexibility index (Phi) is 6.19. The third-order valence-electron chi connectivity index (χ3n) is 6.37. The predicted molar refractivity (Wildman–Crippen MR) is 98.2 cm³/mol. The van der Waals surface area contributed by atoms with Crippen LogP contribution >= 0.6 is 0 Å². The molecular weight excluding hydrogens is 334 g/mol. The lowest BCUT2D eigenvalue weighted by atomic mass is 9.69. The van der Waals surface area contributed by atoms with Crippen molar-refractivity contribution >= 4 is 10.2 Å². The third kappa shape index (κ3) is 4.84. The van der Waals surface area contributed by atoms with E-state index < -0.39 is 12.0 Å². The summed E-state index contributed by atoms with van der Waals surface area (Å²) in [6.07, 6.45) is 5.11. The molecule has 2 aliphatic rings. The van der Waals surface area contributed by atoms with Gasteiger partial charge in [-0.1, -0.05) is 36.6 Å². The zero-order valence-corrected chi connectivity index (χ0v) is 16.1. The van der Waals surface area contributed by atoms with Gasteiger partial charge in [0.25, 0.3) is 0 Å². The maximum atomic E-state index is 14.5. The molecule has 3 rings (SSSR count). The van der Waals surface area contributed by atoms with Crippen molar-refractivity contribution in [2.24, 2.45) is 23.7 Å². The molecule has 0 heterocycles. The standard InChI is InChI=1S/C21H29F2OSi/c1-15-2-12-20(13-3-15)24-21(22,23)19-10-8-18(9-11-19)17-6-4-16(14-25)5-7-17/h2-3,12-13,16-19H,4-11,14H2,1H3. The van der Waals surface area contributed by atoms with Crippen LogP contribution in [0.5, 0.6) is 5.75 Å². The number of hydrogen-bond acceptors (Lipinski definition) is 1. The van der Waals surface area contributed by atoms with E-state index in [0.29, 0.717) is 18.8 Å². The second kappa shape index (κ2) is 8.19. The van der Waals surface area contributed by atoms with Crippen LogP contribution in [-0.4, -0.2) is 16.4 Å². The summed E-state index contributed by atoms with van der Waals surface area (Å²) in [5.41, 5.74) is 1.05. The molecule has 2 aliphatic carbocycles. The largest absolute Gasteiger partial charge is 0.432 e. The number of hydrogen-bond donors (Lipinski definition) is 0. The first-order chi connectivity index (χ1) is 12.0. The summed E-state index contributed by atoms with van der Waals surface area (Å²) < 4.78 is 34.1. The van der Waals surface area contributed by atoms with Gasteiger partial charge in [0.05, 0.1) is 5.92 Å². The molecule has 1 aromatic carbocycles. The molecule has 137 valence electrons. The average Bonchev–Trinajstić information content (AvgIpc) is 2.64. The van der Waals surface area contributed by atoms with E-state index >= 15 is 0 Å². The van der Waals surface area contributed by atoms with Crippen LogP contribution in [0.25, 0.3) is 0 Å². The molecule has 2 saturated carbocycles. The van der Waals surface area contributed by atoms with Gasteiger partial charge in [0, 0.05) is 10.2 Å². The van der Waals surface area contributed by atoms with E-state index in [9.17, 15) is 8.78 Å². The zero-order chi connectivity index (χ0) is 17.9. The summed E-state index contributed by atoms with van der Waals surface area (Å²) in [4.78, 5) is 0. The smallest absolute Gasteiger partial charge is 0.400 e. The normalized spacial score (nSPS) is 30.9. The lowest BCUT2D eigenvalue weighted by Gasteiger charge is -2.39. The minimum Gasteiger partial charge on any atom is -0.432 e. The minimum atomic E-state index is -3.06. The molecule has 1 aromatic rings. The molecule has 0 N–H and O–H groups in total. The van der Waals surface area contributed by atoms with Gasteiger partial charge in [0.2, 0.25) is 0 Å². The summed E-state index contributed by atoms with van der Waals surface area (Å²) in [6, 6.07) is 7.99. The molecule has 0 bridgehead atoms. The fraction of sp³-hybridized carbons (Fsp3) is 0.714. The molecule has 4 heteroatoms. The second-order valence-electron chi connectivity index (χ2n) is 8.07. The van der Waals surface area contributed by atoms with E-state index in [0.717, 1.165) is 36.3 Å². The Morgan fingerprint density at radius 3 is 1.96 bits per heavy atom. The fourth-order valence-corrected chi connectivity index (χ4v) is 5.05. The maximum Gasteiger partial charge on any atom is 0.400 e. The van der Waals surface area contributed by atoms with Gasteiger partial charge in [-0.2, -0.15) is 8.78 Å². The summed E-state index contributed by atoms with van der Waals surface area (Å²) in [5, 5.41) is 0. The highest BCUT2D eigenvalue weighted by molar-refractivity contribution is 6.08. The Labute approximate surface area is 154 Å². The van der Waals surface area contributed by atoms with Gasteiger partial charge >= 0.3 is 6.11 Å². The van der Waals surface area contributed by atoms with Crippen LogP contribution in [0.1, 0.15) is 56.9 Å². The van der Waals surface area contributed by atoms with Crippen molar-refractivity contribution in [1.82, 2.24) is 0 Å². The Hall–Kier alpha value is -0.903. The fourth-order valence-electron chi connectivity index (χ4n) is 4.64. The minimum absolute atomic E-state index is 0.269. The molecule has 0 atom stereocenters. The van der Waals surface area contributed by atoms with Gasteiger partial charge in [-0.05, 0) is 75.3 Å². The first-order valence-electron chi connectivity index (χ1n) is 9.76. The molecule has 1 nitrogen and oxygen atoms in total. The van der Waals surface area contributed by atoms with Gasteiger partial charge in [-0.3, -0.25) is 0 Å². The van der Waals surface area contributed by atoms with Crippen molar-refractivity contribution in [2.75, 3.05) is 0 Å². The van der Waals surface area contributed by atoms with Gasteiger partial charge in [-0.15, -0.1) is 0 Å². The highest BCUT2D eigenvalue weighted by atomic mass is 28.1. The predicted octanol–water partition coefficient (Wildman–Crippen LogP) is 6.17. The van der Waals surface area contributed by atoms with Crippen LogP contribution in [-0.2, 0) is 0 Å². The lowest BCUT2D eigenvalue weighted by Crippen LogP contribution is -2.38. The monoisotopic (exact) mass is 363 g/mol. The van der Waals surface area contributed by atoms with E-state index in [-0.39, 0.29) is 5.75 Å². The first kappa shape index (κ1) is 18.9. The summed E-state index contributed by atoms with van der Waals surface area (Å²) in [5.74, 6) is 1.83. The quantitative estimate of drug-likeness (QED) is 0.569. The van der Waals surface area contributed by atoms with Crippen LogP contribution in [0.2, 0.25) is 6.04 Å². The zero-order valence-electron chi connectivity index (χ0n) is 15.1. The van der Waals surface area contributed by atoms with Crippen LogP contribution < -0.4 is 4.74 Å². The Bertz CT molecular complexity index is 529. The Morgan fingerprint density at radius 1 is 0.920 bits per heavy atom. The van der Waals surface area contributed by atoms with Crippen molar-refractivity contribution in [3.63, 3.8) is 0 Å². The van der Waals surface area contributed by atoms with E-state index in [1.807, 2.05) is 19.1 Å². The lowest BCUT2D eigenvalue weighted by molar-refractivity contribution is -0.224. The van der Waals surface area contributed by atoms with Crippen molar-refractivity contribution in [3.05, 3.63) is 29.8 Å². The Balaban J connectivity index is 1.50. The van der Waals surface area contributed by atoms with Crippen molar-refractivity contribution in [1.29, 1.82) is 0 Å².